The van der Waals surface area contributed by atoms with Gasteiger partial charge in [-0.1, -0.05) is 61.0 Å². The summed E-state index contributed by atoms with van der Waals surface area (Å²) in [5.41, 5.74) is 3.30. The number of para-hydroxylation sites is 1. The van der Waals surface area contributed by atoms with Crippen LogP contribution in [0.1, 0.15) is 44.5 Å². The number of halogens is 1. The fraction of sp³-hybridized carbons (Fsp3) is 0.318. The third-order valence-electron chi connectivity index (χ3n) is 4.24. The Morgan fingerprint density at radius 3 is 2.63 bits per heavy atom. The van der Waals surface area contributed by atoms with Crippen LogP contribution in [0.15, 0.2) is 69.9 Å². The van der Waals surface area contributed by atoms with Crippen molar-refractivity contribution in [2.75, 3.05) is 11.9 Å². The van der Waals surface area contributed by atoms with Crippen molar-refractivity contribution in [3.05, 3.63) is 76.0 Å². The summed E-state index contributed by atoms with van der Waals surface area (Å²) in [6.07, 6.45) is 3.16. The summed E-state index contributed by atoms with van der Waals surface area (Å²) in [5, 5.41) is 10.6. The number of hydrogen-bond donors (Lipinski definition) is 3. The van der Waals surface area contributed by atoms with Gasteiger partial charge in [0, 0.05) is 22.3 Å². The molecule has 142 valence electrons. The molecule has 0 bridgehead atoms. The van der Waals surface area contributed by atoms with E-state index in [0.29, 0.717) is 5.92 Å². The quantitative estimate of drug-likeness (QED) is 0.578. The monoisotopic (exact) mass is 426 g/mol. The summed E-state index contributed by atoms with van der Waals surface area (Å²) in [6, 6.07) is 16.6. The molecule has 1 unspecified atom stereocenters. The third-order valence-corrected chi connectivity index (χ3v) is 4.77. The molecule has 4 nitrogen and oxygen atoms in total. The van der Waals surface area contributed by atoms with Gasteiger partial charge in [0.05, 0.1) is 0 Å². The van der Waals surface area contributed by atoms with Gasteiger partial charge in [0.1, 0.15) is 17.8 Å². The van der Waals surface area contributed by atoms with Gasteiger partial charge in [-0.2, -0.15) is 0 Å². The second kappa shape index (κ2) is 9.09. The highest BCUT2D eigenvalue weighted by atomic mass is 79.9. The molecule has 0 amide bonds. The zero-order chi connectivity index (χ0) is 19.2. The Balaban J connectivity index is 1.94. The second-order valence-corrected chi connectivity index (χ2v) is 7.91. The first-order valence-electron chi connectivity index (χ1n) is 9.48. The zero-order valence-corrected chi connectivity index (χ0v) is 17.7. The second-order valence-electron chi connectivity index (χ2n) is 7.00. The molecule has 0 spiro atoms. The third kappa shape index (κ3) is 5.13. The normalized spacial score (nSPS) is 16.4. The minimum Gasteiger partial charge on any atom is -0.372 e. The van der Waals surface area contributed by atoms with E-state index < -0.39 is 0 Å². The summed E-state index contributed by atoms with van der Waals surface area (Å²) in [6.45, 7) is 7.45. The number of allylic oxidation sites excluding steroid dienone is 1. The lowest BCUT2D eigenvalue weighted by Gasteiger charge is -2.27. The van der Waals surface area contributed by atoms with E-state index in [1.54, 1.807) is 0 Å². The average molecular weight is 427 g/mol. The molecule has 0 aliphatic carbocycles. The average Bonchev–Trinajstić information content (AvgIpc) is 2.66. The summed E-state index contributed by atoms with van der Waals surface area (Å²) in [4.78, 5) is 4.98. The molecule has 1 aliphatic rings. The first kappa shape index (κ1) is 19.5. The molecule has 0 aromatic heterocycles. The molecular formula is C22H27BrN4. The topological polar surface area (TPSA) is 48.5 Å². The van der Waals surface area contributed by atoms with E-state index in [2.05, 4.69) is 83.0 Å². The fourth-order valence-corrected chi connectivity index (χ4v) is 3.23. The Morgan fingerprint density at radius 1 is 1.19 bits per heavy atom. The summed E-state index contributed by atoms with van der Waals surface area (Å²) in [7, 11) is 0. The van der Waals surface area contributed by atoms with Crippen LogP contribution in [0.2, 0.25) is 0 Å². The van der Waals surface area contributed by atoms with E-state index in [9.17, 15) is 0 Å². The van der Waals surface area contributed by atoms with Crippen molar-refractivity contribution in [3.8, 4) is 0 Å². The molecule has 1 heterocycles. The van der Waals surface area contributed by atoms with E-state index in [0.717, 1.165) is 45.9 Å². The number of hydrogen-bond acceptors (Lipinski definition) is 4. The van der Waals surface area contributed by atoms with E-state index in [4.69, 9.17) is 4.99 Å². The number of aliphatic imine (C=N–C) groups is 1. The van der Waals surface area contributed by atoms with Crippen LogP contribution in [-0.4, -0.2) is 12.4 Å². The number of anilines is 1. The maximum atomic E-state index is 4.98. The maximum Gasteiger partial charge on any atom is 0.147 e. The largest absolute Gasteiger partial charge is 0.372 e. The molecule has 5 heteroatoms. The van der Waals surface area contributed by atoms with Crippen molar-refractivity contribution >= 4 is 27.5 Å². The van der Waals surface area contributed by atoms with Crippen LogP contribution in [0.5, 0.6) is 0 Å². The van der Waals surface area contributed by atoms with E-state index in [1.807, 2.05) is 24.3 Å². The minimum absolute atomic E-state index is 0.123. The van der Waals surface area contributed by atoms with Crippen LogP contribution >= 0.6 is 15.9 Å². The van der Waals surface area contributed by atoms with Gasteiger partial charge in [0.15, 0.2) is 0 Å². The summed E-state index contributed by atoms with van der Waals surface area (Å²) in [5.74, 6) is 2.33. The molecule has 0 radical (unpaired) electrons. The van der Waals surface area contributed by atoms with Crippen molar-refractivity contribution in [2.45, 2.75) is 33.4 Å². The lowest BCUT2D eigenvalue weighted by Crippen LogP contribution is -2.36. The van der Waals surface area contributed by atoms with E-state index in [-0.39, 0.29) is 6.17 Å². The van der Waals surface area contributed by atoms with Crippen LogP contribution in [0.4, 0.5) is 5.69 Å². The summed E-state index contributed by atoms with van der Waals surface area (Å²) >= 11 is 3.50. The molecule has 1 atom stereocenters. The van der Waals surface area contributed by atoms with Gasteiger partial charge in [-0.05, 0) is 48.2 Å². The Labute approximate surface area is 170 Å². The van der Waals surface area contributed by atoms with Crippen LogP contribution in [0, 0.1) is 5.92 Å². The van der Waals surface area contributed by atoms with Crippen LogP contribution in [-0.2, 0) is 0 Å². The summed E-state index contributed by atoms with van der Waals surface area (Å²) < 4.78 is 1.07. The molecule has 0 saturated heterocycles. The molecular weight excluding hydrogens is 400 g/mol. The Hall–Kier alpha value is -2.27. The van der Waals surface area contributed by atoms with Crippen molar-refractivity contribution in [2.24, 2.45) is 10.9 Å². The number of nitrogens with zero attached hydrogens (tertiary/aromatic N) is 1. The van der Waals surface area contributed by atoms with Crippen molar-refractivity contribution in [1.29, 1.82) is 0 Å². The van der Waals surface area contributed by atoms with Gasteiger partial charge in [-0.25, -0.2) is 4.99 Å². The highest BCUT2D eigenvalue weighted by Gasteiger charge is 2.21. The SMILES string of the molecule is CCCN/C(=C\C(C)C)NC1=NC(c2ccc(Br)cc2)Nc2ccccc21. The van der Waals surface area contributed by atoms with Gasteiger partial charge in [0.2, 0.25) is 0 Å². The van der Waals surface area contributed by atoms with Gasteiger partial charge < -0.3 is 16.0 Å². The predicted octanol–water partition coefficient (Wildman–Crippen LogP) is 5.41. The predicted molar refractivity (Wildman–Crippen MR) is 118 cm³/mol. The van der Waals surface area contributed by atoms with E-state index >= 15 is 0 Å². The molecule has 27 heavy (non-hydrogen) atoms. The number of amidine groups is 1. The molecule has 1 aliphatic heterocycles. The fourth-order valence-electron chi connectivity index (χ4n) is 2.96. The zero-order valence-electron chi connectivity index (χ0n) is 16.1. The molecule has 3 rings (SSSR count). The van der Waals surface area contributed by atoms with Crippen LogP contribution in [0.25, 0.3) is 0 Å². The molecule has 2 aromatic carbocycles. The molecule has 3 N–H and O–H groups in total. The highest BCUT2D eigenvalue weighted by Crippen LogP contribution is 2.30. The number of nitrogens with one attached hydrogen (secondary N) is 3. The number of rotatable bonds is 6. The maximum absolute atomic E-state index is 4.98. The molecule has 2 aromatic rings. The van der Waals surface area contributed by atoms with Crippen LogP contribution in [0.3, 0.4) is 0 Å². The first-order valence-corrected chi connectivity index (χ1v) is 10.3. The minimum atomic E-state index is -0.123. The smallest absolute Gasteiger partial charge is 0.147 e. The highest BCUT2D eigenvalue weighted by molar-refractivity contribution is 9.10. The Bertz CT molecular complexity index is 824. The van der Waals surface area contributed by atoms with Gasteiger partial charge in [-0.15, -0.1) is 0 Å². The standard InChI is InChI=1S/C22H27BrN4/c1-4-13-24-20(14-15(2)3)26-22-18-7-5-6-8-19(18)25-21(27-22)16-9-11-17(23)12-10-16/h5-12,14-15,21,24-25H,4,13H2,1-3H3,(H,26,27)/b20-14+. The first-order chi connectivity index (χ1) is 13.1. The van der Waals surface area contributed by atoms with Gasteiger partial charge >= 0.3 is 0 Å². The van der Waals surface area contributed by atoms with Crippen molar-refractivity contribution in [3.63, 3.8) is 0 Å². The van der Waals surface area contributed by atoms with Gasteiger partial charge in [-0.3, -0.25) is 0 Å². The Morgan fingerprint density at radius 2 is 1.93 bits per heavy atom. The lowest BCUT2D eigenvalue weighted by atomic mass is 10.1. The van der Waals surface area contributed by atoms with Crippen molar-refractivity contribution in [1.82, 2.24) is 10.6 Å². The number of fused-ring (bicyclic) bond motifs is 1. The molecule has 0 fully saturated rings. The lowest BCUT2D eigenvalue weighted by molar-refractivity contribution is 0.705. The number of benzene rings is 2. The van der Waals surface area contributed by atoms with Crippen molar-refractivity contribution < 1.29 is 0 Å². The molecule has 0 saturated carbocycles. The Kier molecular flexibility index (Phi) is 6.56. The van der Waals surface area contributed by atoms with Crippen LogP contribution < -0.4 is 16.0 Å². The van der Waals surface area contributed by atoms with Gasteiger partial charge in [0.25, 0.3) is 0 Å². The van der Waals surface area contributed by atoms with E-state index in [1.165, 1.54) is 0 Å².